The van der Waals surface area contributed by atoms with Crippen LogP contribution in [0.1, 0.15) is 35.5 Å². The predicted molar refractivity (Wildman–Crippen MR) is 82.2 cm³/mol. The number of hydrogen-bond acceptors (Lipinski definition) is 5. The topological polar surface area (TPSA) is 66.3 Å². The zero-order valence-corrected chi connectivity index (χ0v) is 12.7. The quantitative estimate of drug-likeness (QED) is 0.923. The smallest absolute Gasteiger partial charge is 0.326 e. The number of fused-ring (bicyclic) bond motifs is 3. The van der Waals surface area contributed by atoms with Gasteiger partial charge < -0.3 is 10.0 Å². The number of nitrogens with zero attached hydrogens (tertiary/aromatic N) is 3. The van der Waals surface area contributed by atoms with Gasteiger partial charge in [-0.2, -0.15) is 0 Å². The van der Waals surface area contributed by atoms with Crippen LogP contribution in [0.2, 0.25) is 0 Å². The fourth-order valence-electron chi connectivity index (χ4n) is 3.57. The summed E-state index contributed by atoms with van der Waals surface area (Å²) in [7, 11) is 0. The second-order valence-corrected chi connectivity index (χ2v) is 6.91. The number of aromatic nitrogens is 2. The summed E-state index contributed by atoms with van der Waals surface area (Å²) >= 11 is 1.76. The molecule has 0 radical (unpaired) electrons. The molecular formula is C15H17N3O2S. The van der Waals surface area contributed by atoms with E-state index in [1.165, 1.54) is 16.9 Å². The molecule has 1 aliphatic carbocycles. The molecule has 0 amide bonds. The van der Waals surface area contributed by atoms with Crippen molar-refractivity contribution in [2.75, 3.05) is 11.4 Å². The maximum atomic E-state index is 11.5. The third kappa shape index (κ3) is 1.92. The van der Waals surface area contributed by atoms with Crippen LogP contribution in [0.3, 0.4) is 0 Å². The van der Waals surface area contributed by atoms with E-state index in [1.807, 2.05) is 11.8 Å². The third-order valence-electron chi connectivity index (χ3n) is 4.47. The summed E-state index contributed by atoms with van der Waals surface area (Å²) in [6.07, 6.45) is 4.99. The van der Waals surface area contributed by atoms with Crippen molar-refractivity contribution >= 4 is 33.3 Å². The monoisotopic (exact) mass is 303 g/mol. The third-order valence-corrected chi connectivity index (χ3v) is 5.65. The SMILES string of the molecule is Cc1nc(N2CCC[C@H]2C(=O)O)c2c3c(sc2n1)CCC3. The minimum atomic E-state index is -0.746. The highest BCUT2D eigenvalue weighted by atomic mass is 32.1. The molecule has 1 N–H and O–H groups in total. The number of carboxylic acid groups (broad SMARTS) is 1. The molecule has 0 saturated carbocycles. The van der Waals surface area contributed by atoms with Gasteiger partial charge in [0.05, 0.1) is 5.39 Å². The van der Waals surface area contributed by atoms with Crippen molar-refractivity contribution in [3.05, 3.63) is 16.3 Å². The van der Waals surface area contributed by atoms with Crippen molar-refractivity contribution in [1.82, 2.24) is 9.97 Å². The van der Waals surface area contributed by atoms with Crippen molar-refractivity contribution in [2.45, 2.75) is 45.1 Å². The zero-order chi connectivity index (χ0) is 14.6. The number of carboxylic acids is 1. The second-order valence-electron chi connectivity index (χ2n) is 5.82. The van der Waals surface area contributed by atoms with E-state index in [4.69, 9.17) is 0 Å². The first-order chi connectivity index (χ1) is 10.1. The van der Waals surface area contributed by atoms with E-state index in [0.29, 0.717) is 6.42 Å². The number of thiophene rings is 1. The van der Waals surface area contributed by atoms with E-state index in [2.05, 4.69) is 9.97 Å². The molecule has 2 aromatic heterocycles. The van der Waals surface area contributed by atoms with Gasteiger partial charge in [0.2, 0.25) is 0 Å². The van der Waals surface area contributed by atoms with Crippen LogP contribution < -0.4 is 4.90 Å². The number of aryl methyl sites for hydroxylation is 3. The average Bonchev–Trinajstić information content (AvgIpc) is 3.11. The molecule has 0 unspecified atom stereocenters. The van der Waals surface area contributed by atoms with Crippen molar-refractivity contribution in [2.24, 2.45) is 0 Å². The Bertz CT molecular complexity index is 740. The van der Waals surface area contributed by atoms with Gasteiger partial charge in [-0.1, -0.05) is 0 Å². The Morgan fingerprint density at radius 2 is 2.19 bits per heavy atom. The van der Waals surface area contributed by atoms with Crippen LogP contribution in [0.15, 0.2) is 0 Å². The minimum absolute atomic E-state index is 0.445. The number of anilines is 1. The molecule has 4 rings (SSSR count). The van der Waals surface area contributed by atoms with Gasteiger partial charge in [-0.25, -0.2) is 14.8 Å². The van der Waals surface area contributed by atoms with Crippen LogP contribution in [0.25, 0.3) is 10.2 Å². The zero-order valence-electron chi connectivity index (χ0n) is 11.9. The van der Waals surface area contributed by atoms with Crippen LogP contribution in [-0.4, -0.2) is 33.6 Å². The summed E-state index contributed by atoms with van der Waals surface area (Å²) in [5, 5.41) is 10.6. The highest BCUT2D eigenvalue weighted by molar-refractivity contribution is 7.19. The van der Waals surface area contributed by atoms with Gasteiger partial charge in [0, 0.05) is 11.4 Å². The molecule has 0 spiro atoms. The molecule has 2 aliphatic rings. The lowest BCUT2D eigenvalue weighted by Crippen LogP contribution is -2.36. The molecule has 6 heteroatoms. The van der Waals surface area contributed by atoms with Crippen molar-refractivity contribution in [3.8, 4) is 0 Å². The molecule has 1 fully saturated rings. The Morgan fingerprint density at radius 1 is 1.33 bits per heavy atom. The molecule has 1 aliphatic heterocycles. The van der Waals surface area contributed by atoms with Gasteiger partial charge in [0.1, 0.15) is 22.5 Å². The van der Waals surface area contributed by atoms with E-state index in [9.17, 15) is 9.90 Å². The normalized spacial score (nSPS) is 21.2. The van der Waals surface area contributed by atoms with Gasteiger partial charge >= 0.3 is 5.97 Å². The Labute approximate surface area is 126 Å². The van der Waals surface area contributed by atoms with E-state index in [0.717, 1.165) is 47.7 Å². The van der Waals surface area contributed by atoms with E-state index in [-0.39, 0.29) is 0 Å². The van der Waals surface area contributed by atoms with Crippen LogP contribution in [-0.2, 0) is 17.6 Å². The number of aliphatic carboxylic acids is 1. The Kier molecular flexibility index (Phi) is 2.89. The number of hydrogen-bond donors (Lipinski definition) is 1. The first-order valence-electron chi connectivity index (χ1n) is 7.43. The van der Waals surface area contributed by atoms with Gasteiger partial charge in [-0.05, 0) is 44.6 Å². The van der Waals surface area contributed by atoms with E-state index in [1.54, 1.807) is 11.3 Å². The van der Waals surface area contributed by atoms with Crippen LogP contribution in [0.4, 0.5) is 5.82 Å². The first kappa shape index (κ1) is 13.0. The molecule has 0 bridgehead atoms. The molecule has 2 aromatic rings. The van der Waals surface area contributed by atoms with Crippen LogP contribution in [0, 0.1) is 6.92 Å². The molecule has 21 heavy (non-hydrogen) atoms. The van der Waals surface area contributed by atoms with Gasteiger partial charge in [0.25, 0.3) is 0 Å². The number of rotatable bonds is 2. The lowest BCUT2D eigenvalue weighted by molar-refractivity contribution is -0.138. The van der Waals surface area contributed by atoms with E-state index < -0.39 is 12.0 Å². The minimum Gasteiger partial charge on any atom is -0.480 e. The molecule has 1 atom stereocenters. The second kappa shape index (κ2) is 4.66. The predicted octanol–water partition coefficient (Wildman–Crippen LogP) is 2.54. The summed E-state index contributed by atoms with van der Waals surface area (Å²) in [6, 6.07) is -0.445. The Morgan fingerprint density at radius 3 is 3.00 bits per heavy atom. The Balaban J connectivity index is 1.93. The van der Waals surface area contributed by atoms with Crippen molar-refractivity contribution in [1.29, 1.82) is 0 Å². The maximum absolute atomic E-state index is 11.5. The summed E-state index contributed by atoms with van der Waals surface area (Å²) in [5.74, 6) is 0.832. The summed E-state index contributed by atoms with van der Waals surface area (Å²) < 4.78 is 0. The maximum Gasteiger partial charge on any atom is 0.326 e. The Hall–Kier alpha value is -1.69. The van der Waals surface area contributed by atoms with Gasteiger partial charge in [-0.15, -0.1) is 11.3 Å². The average molecular weight is 303 g/mol. The largest absolute Gasteiger partial charge is 0.480 e. The molecule has 3 heterocycles. The fourth-order valence-corrected chi connectivity index (χ4v) is 4.87. The molecule has 5 nitrogen and oxygen atoms in total. The highest BCUT2D eigenvalue weighted by Gasteiger charge is 2.34. The van der Waals surface area contributed by atoms with Gasteiger partial charge in [0.15, 0.2) is 0 Å². The summed E-state index contributed by atoms with van der Waals surface area (Å²) in [6.45, 7) is 2.66. The van der Waals surface area contributed by atoms with Crippen LogP contribution >= 0.6 is 11.3 Å². The molecule has 1 saturated heterocycles. The van der Waals surface area contributed by atoms with Gasteiger partial charge in [-0.3, -0.25) is 0 Å². The molecule has 110 valence electrons. The lowest BCUT2D eigenvalue weighted by Gasteiger charge is -2.23. The highest BCUT2D eigenvalue weighted by Crippen LogP contribution is 2.41. The first-order valence-corrected chi connectivity index (χ1v) is 8.25. The van der Waals surface area contributed by atoms with Crippen molar-refractivity contribution in [3.63, 3.8) is 0 Å². The summed E-state index contributed by atoms with van der Waals surface area (Å²) in [4.78, 5) is 25.1. The van der Waals surface area contributed by atoms with E-state index >= 15 is 0 Å². The lowest BCUT2D eigenvalue weighted by atomic mass is 10.1. The van der Waals surface area contributed by atoms with Crippen molar-refractivity contribution < 1.29 is 9.90 Å². The fraction of sp³-hybridized carbons (Fsp3) is 0.533. The molecular weight excluding hydrogens is 286 g/mol. The molecule has 0 aromatic carbocycles. The standard InChI is InChI=1S/C15H17N3O2S/c1-8-16-13(18-7-3-5-10(18)15(19)20)12-9-4-2-6-11(9)21-14(12)17-8/h10H,2-7H2,1H3,(H,19,20)/t10-/m0/s1. The summed E-state index contributed by atoms with van der Waals surface area (Å²) in [5.41, 5.74) is 1.36. The van der Waals surface area contributed by atoms with Crippen LogP contribution in [0.5, 0.6) is 0 Å². The number of carbonyl (C=O) groups is 1.